The second-order valence-electron chi connectivity index (χ2n) is 4.24. The molecule has 1 saturated heterocycles. The Bertz CT molecular complexity index is 433. The number of ether oxygens (including phenoxy) is 1. The Hall–Kier alpha value is -1.33. The number of aromatic carboxylic acids is 1. The van der Waals surface area contributed by atoms with Gasteiger partial charge in [0.25, 0.3) is 0 Å². The van der Waals surface area contributed by atoms with Crippen molar-refractivity contribution in [1.82, 2.24) is 4.98 Å². The molecule has 5 nitrogen and oxygen atoms in total. The molecule has 0 bridgehead atoms. The zero-order valence-electron chi connectivity index (χ0n) is 9.86. The van der Waals surface area contributed by atoms with Gasteiger partial charge in [0.1, 0.15) is 11.0 Å². The lowest BCUT2D eigenvalue weighted by Gasteiger charge is -2.23. The summed E-state index contributed by atoms with van der Waals surface area (Å²) in [5.74, 6) is -0.551. The van der Waals surface area contributed by atoms with Gasteiger partial charge in [-0.15, -0.1) is 0 Å². The second-order valence-corrected chi connectivity index (χ2v) is 4.63. The summed E-state index contributed by atoms with van der Waals surface area (Å²) >= 11 is 5.77. The molecule has 1 aliphatic heterocycles. The molecule has 0 spiro atoms. The largest absolute Gasteiger partial charge is 0.478 e. The smallest absolute Gasteiger partial charge is 0.335 e. The van der Waals surface area contributed by atoms with E-state index < -0.39 is 5.97 Å². The molecule has 1 atom stereocenters. The Morgan fingerprint density at radius 3 is 3.06 bits per heavy atom. The molecular formula is C12H15ClN2O3. The van der Waals surface area contributed by atoms with Gasteiger partial charge in [-0.1, -0.05) is 11.6 Å². The summed E-state index contributed by atoms with van der Waals surface area (Å²) < 4.78 is 5.57. The van der Waals surface area contributed by atoms with Crippen LogP contribution in [0.25, 0.3) is 0 Å². The van der Waals surface area contributed by atoms with Crippen LogP contribution in [0.3, 0.4) is 0 Å². The van der Waals surface area contributed by atoms with Crippen LogP contribution in [0, 0.1) is 0 Å². The molecule has 1 fully saturated rings. The van der Waals surface area contributed by atoms with Gasteiger partial charge in [0.05, 0.1) is 11.7 Å². The number of nitrogens with one attached hydrogen (secondary N) is 1. The molecule has 2 N–H and O–H groups in total. The lowest BCUT2D eigenvalue weighted by molar-refractivity contribution is 0.0247. The minimum absolute atomic E-state index is 0.127. The Morgan fingerprint density at radius 1 is 1.56 bits per heavy atom. The van der Waals surface area contributed by atoms with E-state index in [9.17, 15) is 4.79 Å². The summed E-state index contributed by atoms with van der Waals surface area (Å²) in [5, 5.41) is 12.1. The molecule has 18 heavy (non-hydrogen) atoms. The predicted octanol–water partition coefficient (Wildman–Crippen LogP) is 2.41. The molecule has 98 valence electrons. The zero-order chi connectivity index (χ0) is 13.0. The molecule has 0 aliphatic carbocycles. The van der Waals surface area contributed by atoms with E-state index in [1.165, 1.54) is 12.1 Å². The normalized spacial score (nSPS) is 19.5. The second kappa shape index (κ2) is 6.02. The van der Waals surface area contributed by atoms with E-state index in [0.29, 0.717) is 12.4 Å². The molecule has 6 heteroatoms. The summed E-state index contributed by atoms with van der Waals surface area (Å²) in [7, 11) is 0. The van der Waals surface area contributed by atoms with Crippen molar-refractivity contribution in [3.8, 4) is 0 Å². The van der Waals surface area contributed by atoms with Crippen LogP contribution in [0.2, 0.25) is 5.15 Å². The van der Waals surface area contributed by atoms with E-state index in [0.717, 1.165) is 25.9 Å². The van der Waals surface area contributed by atoms with Crippen LogP contribution >= 0.6 is 11.6 Å². The van der Waals surface area contributed by atoms with Gasteiger partial charge >= 0.3 is 5.97 Å². The van der Waals surface area contributed by atoms with Crippen LogP contribution in [-0.4, -0.2) is 35.3 Å². The molecule has 1 aromatic rings. The van der Waals surface area contributed by atoms with Crippen molar-refractivity contribution in [2.45, 2.75) is 25.4 Å². The molecule has 0 saturated carbocycles. The van der Waals surface area contributed by atoms with E-state index in [-0.39, 0.29) is 16.8 Å². The molecule has 1 aromatic heterocycles. The Labute approximate surface area is 110 Å². The maximum Gasteiger partial charge on any atom is 0.335 e. The summed E-state index contributed by atoms with van der Waals surface area (Å²) in [6, 6.07) is 2.79. The van der Waals surface area contributed by atoms with Gasteiger partial charge in [-0.25, -0.2) is 9.78 Å². The first-order valence-corrected chi connectivity index (χ1v) is 6.29. The minimum Gasteiger partial charge on any atom is -0.478 e. The monoisotopic (exact) mass is 270 g/mol. The first-order valence-electron chi connectivity index (χ1n) is 5.91. The van der Waals surface area contributed by atoms with E-state index in [1.807, 2.05) is 0 Å². The van der Waals surface area contributed by atoms with Gasteiger partial charge in [0.15, 0.2) is 0 Å². The van der Waals surface area contributed by atoms with Gasteiger partial charge in [0.2, 0.25) is 0 Å². The summed E-state index contributed by atoms with van der Waals surface area (Å²) in [5.41, 5.74) is 0.127. The minimum atomic E-state index is -1.02. The number of carboxylic acids is 1. The Balaban J connectivity index is 1.97. The van der Waals surface area contributed by atoms with E-state index in [4.69, 9.17) is 21.4 Å². The molecule has 2 heterocycles. The molecule has 1 unspecified atom stereocenters. The average molecular weight is 271 g/mol. The number of carbonyl (C=O) groups is 1. The van der Waals surface area contributed by atoms with Crippen LogP contribution in [0.15, 0.2) is 12.1 Å². The zero-order valence-corrected chi connectivity index (χ0v) is 10.6. The van der Waals surface area contributed by atoms with E-state index in [1.54, 1.807) is 0 Å². The number of carboxylic acid groups (broad SMARTS) is 1. The van der Waals surface area contributed by atoms with Crippen LogP contribution in [-0.2, 0) is 4.74 Å². The van der Waals surface area contributed by atoms with Gasteiger partial charge in [-0.3, -0.25) is 0 Å². The SMILES string of the molecule is O=C(O)c1cc(Cl)nc(NCC2CCCCO2)c1. The number of anilines is 1. The molecule has 1 aliphatic rings. The number of nitrogens with zero attached hydrogens (tertiary/aromatic N) is 1. The molecule has 0 radical (unpaired) electrons. The highest BCUT2D eigenvalue weighted by Gasteiger charge is 2.14. The van der Waals surface area contributed by atoms with Crippen LogP contribution in [0.5, 0.6) is 0 Å². The number of pyridine rings is 1. The highest BCUT2D eigenvalue weighted by molar-refractivity contribution is 6.29. The van der Waals surface area contributed by atoms with Gasteiger partial charge in [0, 0.05) is 13.2 Å². The quantitative estimate of drug-likeness (QED) is 0.822. The first-order chi connectivity index (χ1) is 8.65. The highest BCUT2D eigenvalue weighted by atomic mass is 35.5. The molecular weight excluding hydrogens is 256 g/mol. The van der Waals surface area contributed by atoms with E-state index in [2.05, 4.69) is 10.3 Å². The number of rotatable bonds is 4. The number of aromatic nitrogens is 1. The fraction of sp³-hybridized carbons (Fsp3) is 0.500. The van der Waals surface area contributed by atoms with Crippen molar-refractivity contribution in [1.29, 1.82) is 0 Å². The molecule has 0 amide bonds. The van der Waals surface area contributed by atoms with Crippen LogP contribution in [0.4, 0.5) is 5.82 Å². The Morgan fingerprint density at radius 2 is 2.39 bits per heavy atom. The van der Waals surface area contributed by atoms with Crippen molar-refractivity contribution in [2.75, 3.05) is 18.5 Å². The van der Waals surface area contributed by atoms with Gasteiger partial charge < -0.3 is 15.2 Å². The van der Waals surface area contributed by atoms with E-state index >= 15 is 0 Å². The lowest BCUT2D eigenvalue weighted by Crippen LogP contribution is -2.27. The third kappa shape index (κ3) is 3.58. The molecule has 0 aromatic carbocycles. The summed E-state index contributed by atoms with van der Waals surface area (Å²) in [4.78, 5) is 14.9. The van der Waals surface area contributed by atoms with Gasteiger partial charge in [-0.2, -0.15) is 0 Å². The fourth-order valence-corrected chi connectivity index (χ4v) is 2.11. The number of halogens is 1. The van der Waals surface area contributed by atoms with Crippen LogP contribution in [0.1, 0.15) is 29.6 Å². The van der Waals surface area contributed by atoms with Crippen molar-refractivity contribution < 1.29 is 14.6 Å². The van der Waals surface area contributed by atoms with Gasteiger partial charge in [-0.05, 0) is 31.4 Å². The Kier molecular flexibility index (Phi) is 4.38. The highest BCUT2D eigenvalue weighted by Crippen LogP contribution is 2.17. The lowest BCUT2D eigenvalue weighted by atomic mass is 10.1. The van der Waals surface area contributed by atoms with Crippen molar-refractivity contribution in [3.63, 3.8) is 0 Å². The molecule has 2 rings (SSSR count). The third-order valence-electron chi connectivity index (χ3n) is 2.83. The first kappa shape index (κ1) is 13.1. The summed E-state index contributed by atoms with van der Waals surface area (Å²) in [6.45, 7) is 1.40. The average Bonchev–Trinajstić information content (AvgIpc) is 2.37. The topological polar surface area (TPSA) is 71.5 Å². The van der Waals surface area contributed by atoms with Crippen molar-refractivity contribution in [2.24, 2.45) is 0 Å². The maximum atomic E-state index is 10.9. The summed E-state index contributed by atoms with van der Waals surface area (Å²) in [6.07, 6.45) is 3.44. The predicted molar refractivity (Wildman–Crippen MR) is 68.3 cm³/mol. The fourth-order valence-electron chi connectivity index (χ4n) is 1.90. The van der Waals surface area contributed by atoms with Crippen molar-refractivity contribution >= 4 is 23.4 Å². The van der Waals surface area contributed by atoms with Crippen LogP contribution < -0.4 is 5.32 Å². The third-order valence-corrected chi connectivity index (χ3v) is 3.02. The maximum absolute atomic E-state index is 10.9. The number of hydrogen-bond acceptors (Lipinski definition) is 4. The number of hydrogen-bond donors (Lipinski definition) is 2. The van der Waals surface area contributed by atoms with Crippen molar-refractivity contribution in [3.05, 3.63) is 22.8 Å². The standard InChI is InChI=1S/C12H15ClN2O3/c13-10-5-8(12(16)17)6-11(15-10)14-7-9-3-1-2-4-18-9/h5-6,9H,1-4,7H2,(H,14,15)(H,16,17).